The molecule has 10 nitrogen and oxygen atoms in total. The predicted molar refractivity (Wildman–Crippen MR) is 109 cm³/mol. The molecule has 0 aliphatic heterocycles. The lowest BCUT2D eigenvalue weighted by Crippen LogP contribution is -2.44. The van der Waals surface area contributed by atoms with Crippen molar-refractivity contribution in [2.75, 3.05) is 14.2 Å². The number of rotatable bonds is 9. The Balaban J connectivity index is 2.02. The number of ether oxygens (including phenoxy) is 2. The maximum Gasteiger partial charge on any atom is 0.241 e. The van der Waals surface area contributed by atoms with Crippen molar-refractivity contribution in [2.45, 2.75) is 29.3 Å². The van der Waals surface area contributed by atoms with Crippen LogP contribution in [0.25, 0.3) is 0 Å². The zero-order chi connectivity index (χ0) is 22.5. The third kappa shape index (κ3) is 5.92. The topological polar surface area (TPSA) is 154 Å². The molecule has 0 heterocycles. The van der Waals surface area contributed by atoms with Crippen LogP contribution in [0.5, 0.6) is 11.5 Å². The number of amides is 1. The van der Waals surface area contributed by atoms with Crippen LogP contribution in [-0.4, -0.2) is 43.0 Å². The summed E-state index contributed by atoms with van der Waals surface area (Å²) < 4.78 is 60.1. The molecule has 0 saturated heterocycles. The van der Waals surface area contributed by atoms with Crippen LogP contribution in [0, 0.1) is 0 Å². The van der Waals surface area contributed by atoms with Gasteiger partial charge in [0.15, 0.2) is 11.5 Å². The summed E-state index contributed by atoms with van der Waals surface area (Å²) in [6, 6.07) is 8.65. The Bertz CT molecular complexity index is 1110. The number of carbonyl (C=O) groups excluding carboxylic acids is 1. The van der Waals surface area contributed by atoms with Crippen molar-refractivity contribution in [3.63, 3.8) is 0 Å². The lowest BCUT2D eigenvalue weighted by molar-refractivity contribution is -0.122. The Morgan fingerprint density at radius 3 is 2.07 bits per heavy atom. The molecule has 0 spiro atoms. The first-order valence-corrected chi connectivity index (χ1v) is 11.6. The summed E-state index contributed by atoms with van der Waals surface area (Å²) in [5.74, 6) is 0.0469. The minimum atomic E-state index is -3.99. The van der Waals surface area contributed by atoms with Crippen molar-refractivity contribution in [2.24, 2.45) is 5.14 Å². The number of primary sulfonamides is 1. The van der Waals surface area contributed by atoms with Gasteiger partial charge in [0.2, 0.25) is 26.0 Å². The average molecular weight is 458 g/mol. The summed E-state index contributed by atoms with van der Waals surface area (Å²) in [5.41, 5.74) is 0.616. The summed E-state index contributed by atoms with van der Waals surface area (Å²) >= 11 is 0. The van der Waals surface area contributed by atoms with Crippen molar-refractivity contribution >= 4 is 26.0 Å². The van der Waals surface area contributed by atoms with Crippen LogP contribution < -0.4 is 24.7 Å². The molecule has 0 unspecified atom stereocenters. The fourth-order valence-electron chi connectivity index (χ4n) is 2.48. The summed E-state index contributed by atoms with van der Waals surface area (Å²) in [6.07, 6.45) is 0. The van der Waals surface area contributed by atoms with Gasteiger partial charge in [-0.15, -0.1) is 0 Å². The minimum absolute atomic E-state index is 0.0476. The van der Waals surface area contributed by atoms with Crippen molar-refractivity contribution in [3.05, 3.63) is 48.0 Å². The molecule has 1 amide bonds. The van der Waals surface area contributed by atoms with E-state index >= 15 is 0 Å². The second-order valence-corrected chi connectivity index (χ2v) is 9.54. The molecule has 0 aromatic heterocycles. The maximum absolute atomic E-state index is 12.6. The first-order valence-electron chi connectivity index (χ1n) is 8.61. The van der Waals surface area contributed by atoms with Gasteiger partial charge in [0.1, 0.15) is 0 Å². The third-order valence-corrected chi connectivity index (χ3v) is 6.58. The van der Waals surface area contributed by atoms with Crippen molar-refractivity contribution in [1.29, 1.82) is 0 Å². The highest BCUT2D eigenvalue weighted by Gasteiger charge is 2.23. The van der Waals surface area contributed by atoms with Gasteiger partial charge in [0, 0.05) is 12.6 Å². The molecular weight excluding hydrogens is 434 g/mol. The highest BCUT2D eigenvalue weighted by Crippen LogP contribution is 2.29. The van der Waals surface area contributed by atoms with E-state index in [1.807, 2.05) is 0 Å². The van der Waals surface area contributed by atoms with Crippen LogP contribution >= 0.6 is 0 Å². The molecule has 0 saturated carbocycles. The molecule has 2 rings (SSSR count). The van der Waals surface area contributed by atoms with Gasteiger partial charge in [-0.3, -0.25) is 4.79 Å². The van der Waals surface area contributed by atoms with E-state index in [4.69, 9.17) is 14.6 Å². The van der Waals surface area contributed by atoms with Crippen LogP contribution in [0.1, 0.15) is 12.5 Å². The Labute approximate surface area is 175 Å². The standard InChI is InChI=1S/C18H23N3O7S2/c1-12(18(22)20-11-13-4-6-14(7-5-13)29(19,23)24)21-30(25,26)15-8-9-16(27-2)17(10-15)28-3/h4-10,12,21H,11H2,1-3H3,(H,20,22)(H2,19,23,24)/t12-/m1/s1. The molecule has 4 N–H and O–H groups in total. The van der Waals surface area contributed by atoms with Gasteiger partial charge in [-0.2, -0.15) is 4.72 Å². The zero-order valence-corrected chi connectivity index (χ0v) is 18.2. The summed E-state index contributed by atoms with van der Waals surface area (Å²) in [5, 5.41) is 7.61. The average Bonchev–Trinajstić information content (AvgIpc) is 2.70. The zero-order valence-electron chi connectivity index (χ0n) is 16.6. The lowest BCUT2D eigenvalue weighted by Gasteiger charge is -2.15. The van der Waals surface area contributed by atoms with E-state index in [0.29, 0.717) is 11.3 Å². The molecule has 0 aliphatic carbocycles. The van der Waals surface area contributed by atoms with E-state index in [1.54, 1.807) is 0 Å². The number of nitrogens with two attached hydrogens (primary N) is 1. The number of carbonyl (C=O) groups is 1. The minimum Gasteiger partial charge on any atom is -0.493 e. The molecule has 2 aromatic carbocycles. The Hall–Kier alpha value is -2.67. The first-order chi connectivity index (χ1) is 14.0. The van der Waals surface area contributed by atoms with Crippen LogP contribution in [0.2, 0.25) is 0 Å². The van der Waals surface area contributed by atoms with E-state index in [0.717, 1.165) is 0 Å². The van der Waals surface area contributed by atoms with Crippen molar-refractivity contribution < 1.29 is 31.1 Å². The van der Waals surface area contributed by atoms with E-state index in [2.05, 4.69) is 10.0 Å². The number of hydrogen-bond donors (Lipinski definition) is 3. The predicted octanol–water partition coefficient (Wildman–Crippen LogP) is 0.334. The largest absolute Gasteiger partial charge is 0.493 e. The highest BCUT2D eigenvalue weighted by atomic mass is 32.2. The lowest BCUT2D eigenvalue weighted by atomic mass is 10.2. The van der Waals surface area contributed by atoms with Gasteiger partial charge in [-0.25, -0.2) is 22.0 Å². The van der Waals surface area contributed by atoms with Gasteiger partial charge >= 0.3 is 0 Å². The number of hydrogen-bond acceptors (Lipinski definition) is 7. The SMILES string of the molecule is COc1ccc(S(=O)(=O)N[C@H](C)C(=O)NCc2ccc(S(N)(=O)=O)cc2)cc1OC. The number of methoxy groups -OCH3 is 2. The maximum atomic E-state index is 12.6. The smallest absolute Gasteiger partial charge is 0.241 e. The van der Waals surface area contributed by atoms with E-state index in [1.165, 1.54) is 63.6 Å². The Morgan fingerprint density at radius 2 is 1.53 bits per heavy atom. The van der Waals surface area contributed by atoms with Crippen molar-refractivity contribution in [3.8, 4) is 11.5 Å². The van der Waals surface area contributed by atoms with Crippen LogP contribution in [-0.2, 0) is 31.4 Å². The van der Waals surface area contributed by atoms with E-state index < -0.39 is 32.0 Å². The molecule has 0 aliphatic rings. The third-order valence-electron chi connectivity index (χ3n) is 4.11. The Morgan fingerprint density at radius 1 is 0.967 bits per heavy atom. The van der Waals surface area contributed by atoms with Gasteiger partial charge in [-0.05, 0) is 36.8 Å². The highest BCUT2D eigenvalue weighted by molar-refractivity contribution is 7.89. The second-order valence-electron chi connectivity index (χ2n) is 6.27. The summed E-state index contributed by atoms with van der Waals surface area (Å²) in [7, 11) is -4.98. The monoisotopic (exact) mass is 457 g/mol. The van der Waals surface area contributed by atoms with Gasteiger partial charge < -0.3 is 14.8 Å². The van der Waals surface area contributed by atoms with Crippen LogP contribution in [0.15, 0.2) is 52.3 Å². The normalized spacial score (nSPS) is 12.8. The van der Waals surface area contributed by atoms with Gasteiger partial charge in [0.05, 0.1) is 30.1 Å². The van der Waals surface area contributed by atoms with Crippen LogP contribution in [0.4, 0.5) is 0 Å². The first kappa shape index (κ1) is 23.6. The second kappa shape index (κ2) is 9.43. The van der Waals surface area contributed by atoms with Gasteiger partial charge in [-0.1, -0.05) is 12.1 Å². The molecule has 2 aromatic rings. The van der Waals surface area contributed by atoms with Gasteiger partial charge in [0.25, 0.3) is 0 Å². The fraction of sp³-hybridized carbons (Fsp3) is 0.278. The molecule has 0 radical (unpaired) electrons. The molecule has 0 fully saturated rings. The van der Waals surface area contributed by atoms with Crippen LogP contribution in [0.3, 0.4) is 0 Å². The molecule has 30 heavy (non-hydrogen) atoms. The van der Waals surface area contributed by atoms with E-state index in [9.17, 15) is 21.6 Å². The molecular formula is C18H23N3O7S2. The number of benzene rings is 2. The van der Waals surface area contributed by atoms with Crippen molar-refractivity contribution in [1.82, 2.24) is 10.0 Å². The Kier molecular flexibility index (Phi) is 7.42. The summed E-state index contributed by atoms with van der Waals surface area (Å²) in [4.78, 5) is 12.1. The molecule has 164 valence electrons. The summed E-state index contributed by atoms with van der Waals surface area (Å²) in [6.45, 7) is 1.48. The fourth-order valence-corrected chi connectivity index (χ4v) is 4.21. The number of nitrogens with one attached hydrogen (secondary N) is 2. The number of sulfonamides is 2. The molecule has 1 atom stereocenters. The molecule has 12 heteroatoms. The molecule has 0 bridgehead atoms. The van der Waals surface area contributed by atoms with E-state index in [-0.39, 0.29) is 22.1 Å². The quantitative estimate of drug-likeness (QED) is 0.490.